The molecule has 0 radical (unpaired) electrons. The number of fused-ring (bicyclic) bond motifs is 1. The van der Waals surface area contributed by atoms with Gasteiger partial charge >= 0.3 is 0 Å². The van der Waals surface area contributed by atoms with Gasteiger partial charge in [0.2, 0.25) is 0 Å². The van der Waals surface area contributed by atoms with Crippen molar-refractivity contribution in [1.82, 2.24) is 4.98 Å². The molecule has 76 valence electrons. The summed E-state index contributed by atoms with van der Waals surface area (Å²) >= 11 is 3.53. The fraction of sp³-hybridized carbons (Fsp3) is 0.444. The Balaban J connectivity index is 2.49. The lowest BCUT2D eigenvalue weighted by Crippen LogP contribution is -1.96. The van der Waals surface area contributed by atoms with E-state index in [0.29, 0.717) is 11.6 Å². The van der Waals surface area contributed by atoms with Gasteiger partial charge in [-0.25, -0.2) is 4.98 Å². The molecule has 2 rings (SSSR count). The quantitative estimate of drug-likeness (QED) is 0.824. The molecule has 1 N–H and O–H groups in total. The number of hydrogen-bond acceptors (Lipinski definition) is 4. The van der Waals surface area contributed by atoms with E-state index in [1.165, 1.54) is 0 Å². The number of halogens is 1. The molecule has 0 aliphatic carbocycles. The standard InChI is InChI=1S/C9H11BrN2O2/c1-13-7-3-6-8(5(10)4-11-6)12-9(7)14-2/h3,5,11H,4H2,1-2H3. The Kier molecular flexibility index (Phi) is 2.50. The Labute approximate surface area is 90.7 Å². The fourth-order valence-electron chi connectivity index (χ4n) is 1.46. The molecular weight excluding hydrogens is 248 g/mol. The third kappa shape index (κ3) is 1.41. The maximum Gasteiger partial charge on any atom is 0.257 e. The first-order chi connectivity index (χ1) is 6.76. The van der Waals surface area contributed by atoms with Crippen LogP contribution < -0.4 is 14.8 Å². The molecule has 1 aromatic heterocycles. The minimum absolute atomic E-state index is 0.248. The molecule has 0 spiro atoms. The monoisotopic (exact) mass is 258 g/mol. The summed E-state index contributed by atoms with van der Waals surface area (Å²) in [5.74, 6) is 1.18. The fourth-order valence-corrected chi connectivity index (χ4v) is 1.97. The van der Waals surface area contributed by atoms with E-state index >= 15 is 0 Å². The molecule has 0 bridgehead atoms. The molecule has 5 heteroatoms. The van der Waals surface area contributed by atoms with Crippen molar-refractivity contribution >= 4 is 21.6 Å². The molecule has 1 aromatic rings. The zero-order valence-electron chi connectivity index (χ0n) is 8.00. The Morgan fingerprint density at radius 2 is 2.29 bits per heavy atom. The second-order valence-corrected chi connectivity index (χ2v) is 4.09. The lowest BCUT2D eigenvalue weighted by atomic mass is 10.3. The number of rotatable bonds is 2. The Bertz CT molecular complexity index is 356. The van der Waals surface area contributed by atoms with Gasteiger partial charge < -0.3 is 14.8 Å². The summed E-state index contributed by atoms with van der Waals surface area (Å²) in [6, 6.07) is 1.91. The van der Waals surface area contributed by atoms with Crippen LogP contribution in [0, 0.1) is 0 Å². The largest absolute Gasteiger partial charge is 0.491 e. The van der Waals surface area contributed by atoms with Gasteiger partial charge in [-0.1, -0.05) is 15.9 Å². The molecule has 0 saturated heterocycles. The summed E-state index contributed by atoms with van der Waals surface area (Å²) in [7, 11) is 3.19. The molecule has 4 nitrogen and oxygen atoms in total. The van der Waals surface area contributed by atoms with E-state index in [0.717, 1.165) is 17.9 Å². The predicted molar refractivity (Wildman–Crippen MR) is 57.5 cm³/mol. The van der Waals surface area contributed by atoms with Crippen LogP contribution in [0.2, 0.25) is 0 Å². The van der Waals surface area contributed by atoms with Crippen molar-refractivity contribution in [3.63, 3.8) is 0 Å². The zero-order chi connectivity index (χ0) is 10.1. The molecule has 1 aliphatic rings. The van der Waals surface area contributed by atoms with Gasteiger partial charge in [-0.05, 0) is 0 Å². The highest BCUT2D eigenvalue weighted by Crippen LogP contribution is 2.39. The number of ether oxygens (including phenoxy) is 2. The summed E-state index contributed by atoms with van der Waals surface area (Å²) in [5.41, 5.74) is 1.98. The number of hydrogen-bond donors (Lipinski definition) is 1. The summed E-state index contributed by atoms with van der Waals surface area (Å²) in [6.07, 6.45) is 0. The topological polar surface area (TPSA) is 43.4 Å². The van der Waals surface area contributed by atoms with Crippen LogP contribution in [0.25, 0.3) is 0 Å². The molecular formula is C9H11BrN2O2. The molecule has 2 heterocycles. The van der Waals surface area contributed by atoms with Crippen LogP contribution in [0.3, 0.4) is 0 Å². The van der Waals surface area contributed by atoms with Crippen molar-refractivity contribution in [1.29, 1.82) is 0 Å². The van der Waals surface area contributed by atoms with E-state index in [2.05, 4.69) is 26.2 Å². The highest BCUT2D eigenvalue weighted by atomic mass is 79.9. The Hall–Kier alpha value is -0.970. The van der Waals surface area contributed by atoms with Crippen molar-refractivity contribution in [2.24, 2.45) is 0 Å². The summed E-state index contributed by atoms with van der Waals surface area (Å²) < 4.78 is 10.3. The highest BCUT2D eigenvalue weighted by molar-refractivity contribution is 9.09. The predicted octanol–water partition coefficient (Wildman–Crippen LogP) is 1.96. The lowest BCUT2D eigenvalue weighted by molar-refractivity contribution is 0.342. The maximum atomic E-state index is 5.15. The van der Waals surface area contributed by atoms with Crippen LogP contribution in [-0.4, -0.2) is 25.7 Å². The van der Waals surface area contributed by atoms with Crippen molar-refractivity contribution in [2.45, 2.75) is 4.83 Å². The normalized spacial score (nSPS) is 18.6. The number of alkyl halides is 1. The minimum Gasteiger partial charge on any atom is -0.491 e. The third-order valence-corrected chi connectivity index (χ3v) is 2.92. The molecule has 1 aliphatic heterocycles. The maximum absolute atomic E-state index is 5.15. The van der Waals surface area contributed by atoms with Gasteiger partial charge in [-0.15, -0.1) is 0 Å². The van der Waals surface area contributed by atoms with Gasteiger partial charge in [0.15, 0.2) is 5.75 Å². The third-order valence-electron chi connectivity index (χ3n) is 2.17. The number of nitrogens with one attached hydrogen (secondary N) is 1. The number of nitrogens with zero attached hydrogens (tertiary/aromatic N) is 1. The molecule has 0 saturated carbocycles. The lowest BCUT2D eigenvalue weighted by Gasteiger charge is -2.09. The Morgan fingerprint density at radius 3 is 2.93 bits per heavy atom. The van der Waals surface area contributed by atoms with E-state index in [-0.39, 0.29) is 4.83 Å². The van der Waals surface area contributed by atoms with E-state index < -0.39 is 0 Å². The first kappa shape index (κ1) is 9.58. The van der Waals surface area contributed by atoms with Gasteiger partial charge in [0.05, 0.1) is 30.4 Å². The molecule has 1 unspecified atom stereocenters. The SMILES string of the molecule is COc1cc2c(nc1OC)C(Br)CN2. The van der Waals surface area contributed by atoms with Crippen molar-refractivity contribution < 1.29 is 9.47 Å². The summed E-state index contributed by atoms with van der Waals surface area (Å²) in [4.78, 5) is 4.61. The second-order valence-electron chi connectivity index (χ2n) is 2.98. The number of aromatic nitrogens is 1. The second kappa shape index (κ2) is 3.65. The zero-order valence-corrected chi connectivity index (χ0v) is 9.59. The van der Waals surface area contributed by atoms with Crippen molar-refractivity contribution in [3.05, 3.63) is 11.8 Å². The van der Waals surface area contributed by atoms with Crippen LogP contribution in [0.15, 0.2) is 6.07 Å². The summed E-state index contributed by atoms with van der Waals surface area (Å²) in [6.45, 7) is 0.846. The van der Waals surface area contributed by atoms with E-state index in [1.807, 2.05) is 6.07 Å². The van der Waals surface area contributed by atoms with Gasteiger partial charge in [-0.3, -0.25) is 0 Å². The molecule has 1 atom stereocenters. The highest BCUT2D eigenvalue weighted by Gasteiger charge is 2.24. The van der Waals surface area contributed by atoms with Crippen LogP contribution in [0.4, 0.5) is 5.69 Å². The van der Waals surface area contributed by atoms with Crippen LogP contribution in [0.5, 0.6) is 11.6 Å². The van der Waals surface area contributed by atoms with E-state index in [1.54, 1.807) is 14.2 Å². The van der Waals surface area contributed by atoms with Crippen LogP contribution in [0.1, 0.15) is 10.5 Å². The summed E-state index contributed by atoms with van der Waals surface area (Å²) in [5, 5.41) is 3.23. The first-order valence-corrected chi connectivity index (χ1v) is 5.18. The van der Waals surface area contributed by atoms with Crippen LogP contribution in [-0.2, 0) is 0 Å². The van der Waals surface area contributed by atoms with Gasteiger partial charge in [0.1, 0.15) is 0 Å². The van der Waals surface area contributed by atoms with Gasteiger partial charge in [0, 0.05) is 12.6 Å². The molecule has 0 amide bonds. The average molecular weight is 259 g/mol. The van der Waals surface area contributed by atoms with Crippen molar-refractivity contribution in [3.8, 4) is 11.6 Å². The van der Waals surface area contributed by atoms with E-state index in [4.69, 9.17) is 9.47 Å². The minimum atomic E-state index is 0.248. The number of pyridine rings is 1. The van der Waals surface area contributed by atoms with Crippen LogP contribution >= 0.6 is 15.9 Å². The van der Waals surface area contributed by atoms with Gasteiger partial charge in [0.25, 0.3) is 5.88 Å². The van der Waals surface area contributed by atoms with Crippen molar-refractivity contribution in [2.75, 3.05) is 26.1 Å². The van der Waals surface area contributed by atoms with E-state index in [9.17, 15) is 0 Å². The molecule has 0 fully saturated rings. The smallest absolute Gasteiger partial charge is 0.257 e. The number of methoxy groups -OCH3 is 2. The number of anilines is 1. The van der Waals surface area contributed by atoms with Gasteiger partial charge in [-0.2, -0.15) is 0 Å². The average Bonchev–Trinajstić information content (AvgIpc) is 2.58. The molecule has 14 heavy (non-hydrogen) atoms. The first-order valence-electron chi connectivity index (χ1n) is 4.27. The Morgan fingerprint density at radius 1 is 1.50 bits per heavy atom. The molecule has 0 aromatic carbocycles.